The lowest BCUT2D eigenvalue weighted by Crippen LogP contribution is -2.39. The Morgan fingerprint density at radius 3 is 2.67 bits per heavy atom. The van der Waals surface area contributed by atoms with Crippen LogP contribution in [0.2, 0.25) is 5.15 Å². The lowest BCUT2D eigenvalue weighted by atomic mass is 10.2. The monoisotopic (exact) mass is 311 g/mol. The normalized spacial score (nSPS) is 11.0. The maximum Gasteiger partial charge on any atom is 0.331 e. The van der Waals surface area contributed by atoms with E-state index in [1.165, 1.54) is 21.4 Å². The molecular formula is C13H18ClN5O2. The predicted molar refractivity (Wildman–Crippen MR) is 80.7 cm³/mol. The van der Waals surface area contributed by atoms with Gasteiger partial charge in [0.15, 0.2) is 0 Å². The summed E-state index contributed by atoms with van der Waals surface area (Å²) < 4.78 is 4.20. The molecular weight excluding hydrogens is 294 g/mol. The molecule has 8 heteroatoms. The molecule has 0 saturated heterocycles. The first kappa shape index (κ1) is 15.5. The fraction of sp³-hybridized carbons (Fsp3) is 0.462. The Hall–Kier alpha value is -1.86. The molecule has 0 amide bonds. The SMILES string of the molecule is Cc1nn(C)c(Cl)c1Cn1ccc(=O)n(CCCN)c1=O. The summed E-state index contributed by atoms with van der Waals surface area (Å²) in [5.41, 5.74) is 6.27. The summed E-state index contributed by atoms with van der Waals surface area (Å²) in [4.78, 5) is 24.1. The fourth-order valence-electron chi connectivity index (χ4n) is 2.16. The van der Waals surface area contributed by atoms with Crippen LogP contribution >= 0.6 is 11.6 Å². The van der Waals surface area contributed by atoms with Gasteiger partial charge >= 0.3 is 5.69 Å². The lowest BCUT2D eigenvalue weighted by Gasteiger charge is -2.09. The van der Waals surface area contributed by atoms with E-state index in [4.69, 9.17) is 17.3 Å². The smallest absolute Gasteiger partial charge is 0.330 e. The van der Waals surface area contributed by atoms with Crippen LogP contribution in [0.15, 0.2) is 21.9 Å². The Balaban J connectivity index is 2.41. The van der Waals surface area contributed by atoms with Crippen molar-refractivity contribution in [3.63, 3.8) is 0 Å². The molecule has 0 fully saturated rings. The predicted octanol–water partition coefficient (Wildman–Crippen LogP) is 0.102. The standard InChI is InChI=1S/C13H18ClN5O2/c1-9-10(12(14)17(2)16-9)8-18-7-4-11(20)19(13(18)21)6-3-5-15/h4,7H,3,5-6,8,15H2,1-2H3. The second kappa shape index (κ2) is 6.28. The van der Waals surface area contributed by atoms with Gasteiger partial charge in [0.05, 0.1) is 12.2 Å². The first-order valence-electron chi connectivity index (χ1n) is 6.64. The number of halogens is 1. The molecule has 0 aliphatic heterocycles. The van der Waals surface area contributed by atoms with Gasteiger partial charge in [0.25, 0.3) is 5.56 Å². The minimum absolute atomic E-state index is 0.278. The Morgan fingerprint density at radius 1 is 1.38 bits per heavy atom. The van der Waals surface area contributed by atoms with Gasteiger partial charge in [-0.3, -0.25) is 18.6 Å². The average Bonchev–Trinajstić information content (AvgIpc) is 2.68. The van der Waals surface area contributed by atoms with Gasteiger partial charge in [-0.15, -0.1) is 0 Å². The molecule has 21 heavy (non-hydrogen) atoms. The van der Waals surface area contributed by atoms with Gasteiger partial charge in [-0.25, -0.2) is 4.79 Å². The van der Waals surface area contributed by atoms with Gasteiger partial charge in [-0.2, -0.15) is 5.10 Å². The first-order chi connectivity index (χ1) is 9.95. The van der Waals surface area contributed by atoms with Gasteiger partial charge in [0.1, 0.15) is 5.15 Å². The zero-order valence-electron chi connectivity index (χ0n) is 12.0. The van der Waals surface area contributed by atoms with E-state index in [-0.39, 0.29) is 17.8 Å². The molecule has 7 nitrogen and oxygen atoms in total. The number of hydrogen-bond acceptors (Lipinski definition) is 4. The van der Waals surface area contributed by atoms with Crippen molar-refractivity contribution >= 4 is 11.6 Å². The summed E-state index contributed by atoms with van der Waals surface area (Å²) >= 11 is 6.17. The molecule has 2 rings (SSSR count). The van der Waals surface area contributed by atoms with Crippen LogP contribution in [0.1, 0.15) is 17.7 Å². The molecule has 0 unspecified atom stereocenters. The largest absolute Gasteiger partial charge is 0.331 e. The molecule has 0 bridgehead atoms. The molecule has 0 saturated carbocycles. The summed E-state index contributed by atoms with van der Waals surface area (Å²) in [7, 11) is 1.74. The van der Waals surface area contributed by atoms with Crippen LogP contribution in [0, 0.1) is 6.92 Å². The Labute approximate surface area is 126 Å². The van der Waals surface area contributed by atoms with E-state index in [2.05, 4.69) is 5.10 Å². The molecule has 114 valence electrons. The van der Waals surface area contributed by atoms with Crippen LogP contribution in [-0.4, -0.2) is 25.5 Å². The highest BCUT2D eigenvalue weighted by Crippen LogP contribution is 2.18. The molecule has 2 heterocycles. The molecule has 0 spiro atoms. The van der Waals surface area contributed by atoms with E-state index >= 15 is 0 Å². The van der Waals surface area contributed by atoms with Gasteiger partial charge in [-0.05, 0) is 19.9 Å². The van der Waals surface area contributed by atoms with Gasteiger partial charge in [0, 0.05) is 31.4 Å². The second-order valence-electron chi connectivity index (χ2n) is 4.84. The number of nitrogens with zero attached hydrogens (tertiary/aromatic N) is 4. The van der Waals surface area contributed by atoms with E-state index in [9.17, 15) is 9.59 Å². The van der Waals surface area contributed by atoms with E-state index < -0.39 is 0 Å². The zero-order chi connectivity index (χ0) is 15.6. The quantitative estimate of drug-likeness (QED) is 0.848. The summed E-state index contributed by atoms with van der Waals surface area (Å²) in [6.07, 6.45) is 2.05. The van der Waals surface area contributed by atoms with Crippen LogP contribution in [0.5, 0.6) is 0 Å². The minimum Gasteiger partial charge on any atom is -0.330 e. The van der Waals surface area contributed by atoms with Crippen LogP contribution in [0.25, 0.3) is 0 Å². The molecule has 2 aromatic rings. The number of rotatable bonds is 5. The van der Waals surface area contributed by atoms with Crippen LogP contribution in [0.3, 0.4) is 0 Å². The maximum absolute atomic E-state index is 12.3. The molecule has 0 aliphatic carbocycles. The van der Waals surface area contributed by atoms with Crippen molar-refractivity contribution in [2.45, 2.75) is 26.4 Å². The van der Waals surface area contributed by atoms with Crippen molar-refractivity contribution < 1.29 is 0 Å². The van der Waals surface area contributed by atoms with Gasteiger partial charge in [0.2, 0.25) is 0 Å². The summed E-state index contributed by atoms with van der Waals surface area (Å²) in [6, 6.07) is 1.37. The highest BCUT2D eigenvalue weighted by molar-refractivity contribution is 6.30. The van der Waals surface area contributed by atoms with Crippen molar-refractivity contribution in [1.82, 2.24) is 18.9 Å². The Kier molecular flexibility index (Phi) is 4.64. The highest BCUT2D eigenvalue weighted by atomic mass is 35.5. The Bertz CT molecular complexity index is 759. The third-order valence-electron chi connectivity index (χ3n) is 3.32. The van der Waals surface area contributed by atoms with Crippen molar-refractivity contribution in [3.8, 4) is 0 Å². The fourth-order valence-corrected chi connectivity index (χ4v) is 2.39. The highest BCUT2D eigenvalue weighted by Gasteiger charge is 2.13. The van der Waals surface area contributed by atoms with Crippen molar-refractivity contribution in [2.24, 2.45) is 12.8 Å². The number of hydrogen-bond donors (Lipinski definition) is 1. The van der Waals surface area contributed by atoms with Gasteiger partial charge < -0.3 is 5.73 Å². The van der Waals surface area contributed by atoms with Crippen LogP contribution < -0.4 is 17.0 Å². The van der Waals surface area contributed by atoms with Gasteiger partial charge in [-0.1, -0.05) is 11.6 Å². The Morgan fingerprint density at radius 2 is 2.10 bits per heavy atom. The summed E-state index contributed by atoms with van der Waals surface area (Å²) in [5.74, 6) is 0. The van der Waals surface area contributed by atoms with Crippen LogP contribution in [0.4, 0.5) is 0 Å². The molecule has 0 radical (unpaired) electrons. The van der Waals surface area contributed by atoms with Crippen LogP contribution in [-0.2, 0) is 20.1 Å². The lowest BCUT2D eigenvalue weighted by molar-refractivity contribution is 0.554. The number of nitrogens with two attached hydrogens (primary N) is 1. The molecule has 0 aromatic carbocycles. The molecule has 0 atom stereocenters. The molecule has 2 N–H and O–H groups in total. The zero-order valence-corrected chi connectivity index (χ0v) is 12.8. The van der Waals surface area contributed by atoms with Crippen molar-refractivity contribution in [1.29, 1.82) is 0 Å². The van der Waals surface area contributed by atoms with E-state index in [1.807, 2.05) is 6.92 Å². The topological polar surface area (TPSA) is 87.8 Å². The minimum atomic E-state index is -0.365. The maximum atomic E-state index is 12.3. The van der Waals surface area contributed by atoms with E-state index in [0.717, 1.165) is 11.3 Å². The second-order valence-corrected chi connectivity index (χ2v) is 5.19. The third-order valence-corrected chi connectivity index (χ3v) is 3.80. The van der Waals surface area contributed by atoms with Crippen molar-refractivity contribution in [3.05, 3.63) is 49.5 Å². The van der Waals surface area contributed by atoms with E-state index in [0.29, 0.717) is 24.7 Å². The van der Waals surface area contributed by atoms with E-state index in [1.54, 1.807) is 11.7 Å². The summed E-state index contributed by atoms with van der Waals surface area (Å²) in [5, 5.41) is 4.70. The third kappa shape index (κ3) is 3.08. The first-order valence-corrected chi connectivity index (χ1v) is 7.01. The number of aryl methyl sites for hydroxylation is 2. The average molecular weight is 312 g/mol. The summed E-state index contributed by atoms with van der Waals surface area (Å²) in [6.45, 7) is 2.85. The van der Waals surface area contributed by atoms with Crippen molar-refractivity contribution in [2.75, 3.05) is 6.54 Å². The molecule has 2 aromatic heterocycles. The number of aromatic nitrogens is 4. The molecule has 0 aliphatic rings.